The molecule has 5 heteroatoms. The molecule has 0 spiro atoms. The highest BCUT2D eigenvalue weighted by Crippen LogP contribution is 2.19. The molecular weight excluding hydrogens is 166 g/mol. The molecule has 0 aliphatic rings. The number of rotatable bonds is 2. The van der Waals surface area contributed by atoms with Crippen molar-refractivity contribution < 1.29 is 4.74 Å². The van der Waals surface area contributed by atoms with Gasteiger partial charge in [0.2, 0.25) is 0 Å². The average Bonchev–Trinajstić information content (AvgIpc) is 2.26. The van der Waals surface area contributed by atoms with E-state index in [-0.39, 0.29) is 0 Å². The summed E-state index contributed by atoms with van der Waals surface area (Å²) in [5.41, 5.74) is 6.20. The second-order valence-electron chi connectivity index (χ2n) is 2.10. The Balaban J connectivity index is 3.14. The summed E-state index contributed by atoms with van der Waals surface area (Å²) in [6.45, 7) is 0.367. The molecule has 0 radical (unpaired) electrons. The standard InChI is InChI=1S/C6H10ClN3O/c1-10-4(3-8)5(7)9-6(10)11-2/h3,8H2,1-2H3. The molecule has 0 aliphatic heterocycles. The van der Waals surface area contributed by atoms with Crippen LogP contribution in [0.2, 0.25) is 5.15 Å². The Hall–Kier alpha value is -0.740. The van der Waals surface area contributed by atoms with Crippen LogP contribution < -0.4 is 10.5 Å². The van der Waals surface area contributed by atoms with Crippen LogP contribution >= 0.6 is 11.6 Å². The number of nitrogens with zero attached hydrogens (tertiary/aromatic N) is 2. The first kappa shape index (κ1) is 8.36. The normalized spacial score (nSPS) is 10.2. The second kappa shape index (κ2) is 3.11. The van der Waals surface area contributed by atoms with E-state index in [1.54, 1.807) is 18.7 Å². The highest BCUT2D eigenvalue weighted by Gasteiger charge is 2.10. The minimum atomic E-state index is 0.367. The van der Waals surface area contributed by atoms with Gasteiger partial charge in [-0.05, 0) is 0 Å². The highest BCUT2D eigenvalue weighted by molar-refractivity contribution is 6.30. The van der Waals surface area contributed by atoms with E-state index in [0.717, 1.165) is 5.69 Å². The number of ether oxygens (including phenoxy) is 1. The van der Waals surface area contributed by atoms with Crippen molar-refractivity contribution in [2.45, 2.75) is 6.54 Å². The van der Waals surface area contributed by atoms with Gasteiger partial charge in [0, 0.05) is 13.6 Å². The van der Waals surface area contributed by atoms with Gasteiger partial charge in [-0.2, -0.15) is 4.98 Å². The van der Waals surface area contributed by atoms with E-state index in [4.69, 9.17) is 22.1 Å². The molecule has 0 aliphatic carbocycles. The maximum atomic E-state index is 5.74. The molecule has 4 nitrogen and oxygen atoms in total. The molecule has 0 saturated carbocycles. The first-order valence-electron chi connectivity index (χ1n) is 3.15. The molecule has 0 unspecified atom stereocenters. The van der Waals surface area contributed by atoms with Crippen LogP contribution in [0.3, 0.4) is 0 Å². The van der Waals surface area contributed by atoms with Crippen molar-refractivity contribution in [1.82, 2.24) is 9.55 Å². The molecule has 0 amide bonds. The Bertz CT molecular complexity index is 259. The van der Waals surface area contributed by atoms with Gasteiger partial charge in [0.25, 0.3) is 6.01 Å². The van der Waals surface area contributed by atoms with Gasteiger partial charge in [-0.25, -0.2) is 0 Å². The van der Waals surface area contributed by atoms with E-state index in [9.17, 15) is 0 Å². The fourth-order valence-electron chi connectivity index (χ4n) is 0.881. The summed E-state index contributed by atoms with van der Waals surface area (Å²) in [6, 6.07) is 0.482. The van der Waals surface area contributed by atoms with Crippen molar-refractivity contribution in [2.24, 2.45) is 12.8 Å². The number of aromatic nitrogens is 2. The van der Waals surface area contributed by atoms with Gasteiger partial charge < -0.3 is 10.5 Å². The summed E-state index contributed by atoms with van der Waals surface area (Å²) in [7, 11) is 3.35. The minimum absolute atomic E-state index is 0.367. The number of hydrogen-bond acceptors (Lipinski definition) is 3. The maximum absolute atomic E-state index is 5.74. The van der Waals surface area contributed by atoms with E-state index in [1.165, 1.54) is 0 Å². The molecule has 0 fully saturated rings. The van der Waals surface area contributed by atoms with Crippen LogP contribution in [0.1, 0.15) is 5.69 Å². The smallest absolute Gasteiger partial charge is 0.297 e. The number of imidazole rings is 1. The van der Waals surface area contributed by atoms with E-state index in [0.29, 0.717) is 17.7 Å². The van der Waals surface area contributed by atoms with Gasteiger partial charge >= 0.3 is 0 Å². The van der Waals surface area contributed by atoms with E-state index in [2.05, 4.69) is 4.98 Å². The number of halogens is 1. The Morgan fingerprint density at radius 1 is 1.73 bits per heavy atom. The van der Waals surface area contributed by atoms with Crippen LogP contribution in [0.25, 0.3) is 0 Å². The minimum Gasteiger partial charge on any atom is -0.468 e. The van der Waals surface area contributed by atoms with E-state index in [1.807, 2.05) is 0 Å². The molecule has 62 valence electrons. The van der Waals surface area contributed by atoms with Crippen molar-refractivity contribution in [1.29, 1.82) is 0 Å². The molecule has 0 bridgehead atoms. The Kier molecular flexibility index (Phi) is 2.36. The molecule has 0 aromatic carbocycles. The van der Waals surface area contributed by atoms with Gasteiger partial charge in [-0.3, -0.25) is 4.57 Å². The van der Waals surface area contributed by atoms with Gasteiger partial charge in [0.15, 0.2) is 5.15 Å². The number of hydrogen-bond donors (Lipinski definition) is 1. The lowest BCUT2D eigenvalue weighted by Gasteiger charge is -2.00. The van der Waals surface area contributed by atoms with Gasteiger partial charge in [-0.1, -0.05) is 11.6 Å². The zero-order chi connectivity index (χ0) is 8.43. The summed E-state index contributed by atoms with van der Waals surface area (Å²) < 4.78 is 6.64. The molecule has 0 atom stereocenters. The predicted octanol–water partition coefficient (Wildman–Crippen LogP) is 0.541. The Labute approximate surface area is 69.9 Å². The monoisotopic (exact) mass is 175 g/mol. The summed E-state index contributed by atoms with van der Waals surface area (Å²) >= 11 is 5.74. The Morgan fingerprint density at radius 3 is 2.64 bits per heavy atom. The fraction of sp³-hybridized carbons (Fsp3) is 0.500. The van der Waals surface area contributed by atoms with Crippen LogP contribution in [0, 0.1) is 0 Å². The first-order valence-corrected chi connectivity index (χ1v) is 3.53. The molecule has 11 heavy (non-hydrogen) atoms. The maximum Gasteiger partial charge on any atom is 0.297 e. The molecule has 1 heterocycles. The van der Waals surface area contributed by atoms with E-state index < -0.39 is 0 Å². The third-order valence-electron chi connectivity index (χ3n) is 1.50. The van der Waals surface area contributed by atoms with Gasteiger partial charge in [0.05, 0.1) is 12.8 Å². The predicted molar refractivity (Wildman–Crippen MR) is 42.7 cm³/mol. The average molecular weight is 176 g/mol. The largest absolute Gasteiger partial charge is 0.468 e. The van der Waals surface area contributed by atoms with Crippen molar-refractivity contribution >= 4 is 11.6 Å². The lowest BCUT2D eigenvalue weighted by atomic mass is 10.5. The lowest BCUT2D eigenvalue weighted by Crippen LogP contribution is -2.04. The van der Waals surface area contributed by atoms with E-state index >= 15 is 0 Å². The van der Waals surface area contributed by atoms with Crippen LogP contribution in [0.4, 0.5) is 0 Å². The van der Waals surface area contributed by atoms with Crippen molar-refractivity contribution in [3.8, 4) is 6.01 Å². The SMILES string of the molecule is COc1nc(Cl)c(CN)n1C. The van der Waals surface area contributed by atoms with Gasteiger partial charge in [-0.15, -0.1) is 0 Å². The van der Waals surface area contributed by atoms with Crippen LogP contribution in [0.5, 0.6) is 6.01 Å². The lowest BCUT2D eigenvalue weighted by molar-refractivity contribution is 0.364. The molecule has 1 aromatic rings. The third-order valence-corrected chi connectivity index (χ3v) is 1.80. The van der Waals surface area contributed by atoms with Crippen LogP contribution in [-0.4, -0.2) is 16.7 Å². The van der Waals surface area contributed by atoms with Crippen LogP contribution in [-0.2, 0) is 13.6 Å². The second-order valence-corrected chi connectivity index (χ2v) is 2.46. The van der Waals surface area contributed by atoms with Crippen molar-refractivity contribution in [3.05, 3.63) is 10.8 Å². The van der Waals surface area contributed by atoms with Crippen molar-refractivity contribution in [2.75, 3.05) is 7.11 Å². The fourth-order valence-corrected chi connectivity index (χ4v) is 1.16. The molecular formula is C6H10ClN3O. The van der Waals surface area contributed by atoms with Crippen molar-refractivity contribution in [3.63, 3.8) is 0 Å². The molecule has 1 aromatic heterocycles. The summed E-state index contributed by atoms with van der Waals surface area (Å²) in [6.07, 6.45) is 0. The summed E-state index contributed by atoms with van der Waals surface area (Å²) in [5.74, 6) is 0. The topological polar surface area (TPSA) is 53.1 Å². The zero-order valence-corrected chi connectivity index (χ0v) is 7.22. The summed E-state index contributed by atoms with van der Waals surface area (Å²) in [4.78, 5) is 3.93. The molecule has 1 rings (SSSR count). The first-order chi connectivity index (χ1) is 5.20. The van der Waals surface area contributed by atoms with Crippen LogP contribution in [0.15, 0.2) is 0 Å². The third kappa shape index (κ3) is 1.32. The summed E-state index contributed by atoms with van der Waals surface area (Å²) in [5, 5.41) is 0.409. The Morgan fingerprint density at radius 2 is 2.36 bits per heavy atom. The molecule has 2 N–H and O–H groups in total. The zero-order valence-electron chi connectivity index (χ0n) is 6.47. The molecule has 0 saturated heterocycles. The number of methoxy groups -OCH3 is 1. The number of nitrogens with two attached hydrogens (primary N) is 1. The quantitative estimate of drug-likeness (QED) is 0.714. The highest BCUT2D eigenvalue weighted by atomic mass is 35.5. The van der Waals surface area contributed by atoms with Gasteiger partial charge in [0.1, 0.15) is 0 Å².